The van der Waals surface area contributed by atoms with Gasteiger partial charge in [0.25, 0.3) is 0 Å². The van der Waals surface area contributed by atoms with Crippen molar-refractivity contribution < 1.29 is 38.8 Å². The van der Waals surface area contributed by atoms with Gasteiger partial charge in [0.2, 0.25) is 29.7 Å². The molecule has 4 aromatic rings. The van der Waals surface area contributed by atoms with Crippen molar-refractivity contribution in [2.75, 3.05) is 114 Å². The molecule has 400 valence electrons. The summed E-state index contributed by atoms with van der Waals surface area (Å²) in [6.45, 7) is 13.7. The van der Waals surface area contributed by atoms with E-state index in [2.05, 4.69) is 45.7 Å². The van der Waals surface area contributed by atoms with E-state index in [1.54, 1.807) is 46.2 Å². The summed E-state index contributed by atoms with van der Waals surface area (Å²) in [5.74, 6) is 2.59. The van der Waals surface area contributed by atoms with Crippen molar-refractivity contribution in [1.82, 2.24) is 54.7 Å². The summed E-state index contributed by atoms with van der Waals surface area (Å²) in [7, 11) is 0. The average Bonchev–Trinajstić information content (AvgIpc) is 4.10. The van der Waals surface area contributed by atoms with Crippen molar-refractivity contribution in [3.8, 4) is 18.1 Å². The third kappa shape index (κ3) is 16.4. The molecule has 0 radical (unpaired) electrons. The van der Waals surface area contributed by atoms with Gasteiger partial charge in [-0.25, -0.2) is 9.36 Å². The van der Waals surface area contributed by atoms with Gasteiger partial charge in [-0.3, -0.25) is 14.4 Å². The number of aromatic hydroxyl groups is 1. The Bertz CT molecular complexity index is 2370. The SMILES string of the molecule is C#CCOCCOCCOCCNc1nc(N2CCN(C(=O)[C@H](CCC(=O)O)n3cc(C(N)[C@H](C)CC)nn3)CC2)nc(N2CCN(C(=O)[C@H](Cc3ccc(O)cc3)n3cc(C(N)[C@H](C)CC)nn3)CC2)n1.Cl. The van der Waals surface area contributed by atoms with Crippen molar-refractivity contribution >= 4 is 48.0 Å². The number of benzene rings is 1. The first-order chi connectivity index (χ1) is 34.8. The predicted octanol–water partition coefficient (Wildman–Crippen LogP) is 2.26. The van der Waals surface area contributed by atoms with Crippen LogP contribution in [0.2, 0.25) is 0 Å². The zero-order valence-corrected chi connectivity index (χ0v) is 43.2. The topological polar surface area (TPSA) is 296 Å². The number of carboxylic acid groups (broad SMARTS) is 1. The monoisotopic (exact) mass is 1040 g/mol. The van der Waals surface area contributed by atoms with E-state index < -0.39 is 18.1 Å². The number of nitrogens with zero attached hydrogens (tertiary/aromatic N) is 13. The zero-order valence-electron chi connectivity index (χ0n) is 42.4. The molecule has 73 heavy (non-hydrogen) atoms. The second-order valence-corrected chi connectivity index (χ2v) is 18.2. The molecule has 0 bridgehead atoms. The van der Waals surface area contributed by atoms with Gasteiger partial charge in [-0.05, 0) is 36.0 Å². The maximum atomic E-state index is 14.5. The Labute approximate surface area is 432 Å². The smallest absolute Gasteiger partial charge is 0.303 e. The fraction of sp³-hybridized carbons (Fsp3) is 0.625. The lowest BCUT2D eigenvalue weighted by molar-refractivity contribution is -0.139. The van der Waals surface area contributed by atoms with E-state index in [0.717, 1.165) is 18.4 Å². The number of nitrogens with two attached hydrogens (primary N) is 2. The van der Waals surface area contributed by atoms with Crippen LogP contribution in [0.25, 0.3) is 0 Å². The largest absolute Gasteiger partial charge is 0.508 e. The number of aliphatic carboxylic acids is 1. The molecular weight excluding hydrogens is 964 g/mol. The maximum absolute atomic E-state index is 14.5. The zero-order chi connectivity index (χ0) is 51.6. The Morgan fingerprint density at radius 1 is 0.726 bits per heavy atom. The Morgan fingerprint density at radius 3 is 1.70 bits per heavy atom. The Kier molecular flexibility index (Phi) is 22.8. The molecule has 2 aliphatic rings. The first-order valence-corrected chi connectivity index (χ1v) is 24.9. The van der Waals surface area contributed by atoms with Crippen molar-refractivity contribution in [3.05, 3.63) is 53.6 Å². The minimum absolute atomic E-state index is 0. The first kappa shape index (κ1) is 57.7. The van der Waals surface area contributed by atoms with Crippen LogP contribution < -0.4 is 26.6 Å². The number of amides is 2. The third-order valence-electron chi connectivity index (χ3n) is 13.3. The molecule has 7 N–H and O–H groups in total. The Morgan fingerprint density at radius 2 is 1.21 bits per heavy atom. The molecule has 2 unspecified atom stereocenters. The molecule has 2 fully saturated rings. The maximum Gasteiger partial charge on any atom is 0.303 e. The summed E-state index contributed by atoms with van der Waals surface area (Å²) < 4.78 is 19.6. The number of anilines is 3. The van der Waals surface area contributed by atoms with Crippen molar-refractivity contribution in [1.29, 1.82) is 0 Å². The molecule has 1 aromatic carbocycles. The normalized spacial score (nSPS) is 16.5. The molecule has 0 saturated carbocycles. The first-order valence-electron chi connectivity index (χ1n) is 24.9. The highest BCUT2D eigenvalue weighted by molar-refractivity contribution is 5.85. The number of rotatable bonds is 28. The number of ether oxygens (including phenoxy) is 3. The molecule has 0 aliphatic carbocycles. The lowest BCUT2D eigenvalue weighted by atomic mass is 9.98. The van der Waals surface area contributed by atoms with E-state index >= 15 is 0 Å². The quantitative estimate of drug-likeness (QED) is 0.0403. The standard InChI is InChI=1S/C48H72N16O8.ClH/c1-6-24-70-26-28-72-29-27-71-25-15-51-46-52-47(61-20-16-59(17-21-61)44(68)39(13-14-41(66)67)63-31-37(55-57-63)42(49)33(4)7-2)54-48(53-46)62-22-18-60(19-23-62)45(69)40(30-35-9-11-36(65)12-10-35)64-32-38(56-58-64)43(50)34(5)8-3;/h1,9-12,31-34,39-40,42-43,65H,7-8,13-30,49-50H2,2-5H3,(H,66,67)(H,51,52,53,54);1H/t33-,34-,39+,40+,42?,43?;/m1./s1. The molecule has 2 amide bonds. The number of phenolic OH excluding ortho intramolecular Hbond substituents is 1. The highest BCUT2D eigenvalue weighted by Gasteiger charge is 2.34. The number of nitrogens with one attached hydrogen (secondary N) is 1. The molecule has 2 aliphatic heterocycles. The van der Waals surface area contributed by atoms with E-state index in [0.29, 0.717) is 128 Å². The number of piperazine rings is 2. The number of phenols is 1. The van der Waals surface area contributed by atoms with Crippen LogP contribution in [0.5, 0.6) is 5.75 Å². The lowest BCUT2D eigenvalue weighted by Gasteiger charge is -2.38. The molecular formula is C48H73ClN16O8. The van der Waals surface area contributed by atoms with Crippen molar-refractivity contribution in [2.45, 2.75) is 84.0 Å². The number of terminal acetylenes is 1. The Balaban J connectivity index is 0.00000988. The van der Waals surface area contributed by atoms with Crippen LogP contribution >= 0.6 is 12.4 Å². The van der Waals surface area contributed by atoms with Gasteiger partial charge in [0, 0.05) is 71.7 Å². The number of carboxylic acids is 1. The van der Waals surface area contributed by atoms with Gasteiger partial charge in [0.1, 0.15) is 24.4 Å². The van der Waals surface area contributed by atoms with Crippen LogP contribution in [0.1, 0.15) is 94.5 Å². The molecule has 0 spiro atoms. The van der Waals surface area contributed by atoms with Gasteiger partial charge in [-0.1, -0.05) is 69.0 Å². The van der Waals surface area contributed by atoms with Gasteiger partial charge in [0.05, 0.1) is 68.9 Å². The van der Waals surface area contributed by atoms with Crippen molar-refractivity contribution in [2.24, 2.45) is 23.3 Å². The number of carbonyl (C=O) groups excluding carboxylic acids is 2. The third-order valence-corrected chi connectivity index (χ3v) is 13.3. The second kappa shape index (κ2) is 28.9. The molecule has 25 heteroatoms. The van der Waals surface area contributed by atoms with E-state index in [1.807, 2.05) is 28.5 Å². The number of hydrogen-bond donors (Lipinski definition) is 5. The fourth-order valence-electron chi connectivity index (χ4n) is 8.26. The molecule has 6 atom stereocenters. The second-order valence-electron chi connectivity index (χ2n) is 18.2. The van der Waals surface area contributed by atoms with Crippen molar-refractivity contribution in [3.63, 3.8) is 0 Å². The predicted molar refractivity (Wildman–Crippen MR) is 274 cm³/mol. The molecule has 3 aromatic heterocycles. The fourth-order valence-corrected chi connectivity index (χ4v) is 8.26. The molecule has 24 nitrogen and oxygen atoms in total. The number of halogens is 1. The summed E-state index contributed by atoms with van der Waals surface area (Å²) in [5, 5.41) is 40.1. The lowest BCUT2D eigenvalue weighted by Crippen LogP contribution is -2.52. The summed E-state index contributed by atoms with van der Waals surface area (Å²) >= 11 is 0. The van der Waals surface area contributed by atoms with Crippen LogP contribution in [0.3, 0.4) is 0 Å². The highest BCUT2D eigenvalue weighted by Crippen LogP contribution is 2.27. The van der Waals surface area contributed by atoms with Gasteiger partial charge in [-0.2, -0.15) is 15.0 Å². The van der Waals surface area contributed by atoms with Crippen LogP contribution in [-0.2, 0) is 35.0 Å². The van der Waals surface area contributed by atoms with Gasteiger partial charge >= 0.3 is 5.97 Å². The summed E-state index contributed by atoms with van der Waals surface area (Å²) in [4.78, 5) is 62.4. The molecule has 2 saturated heterocycles. The Hall–Kier alpha value is -6.23. The van der Waals surface area contributed by atoms with Crippen LogP contribution in [0, 0.1) is 24.2 Å². The van der Waals surface area contributed by atoms with Gasteiger partial charge < -0.3 is 60.8 Å². The van der Waals surface area contributed by atoms with Crippen LogP contribution in [-0.4, -0.2) is 181 Å². The average molecular weight is 1040 g/mol. The highest BCUT2D eigenvalue weighted by atomic mass is 35.5. The van der Waals surface area contributed by atoms with Crippen LogP contribution in [0.15, 0.2) is 36.7 Å². The number of hydrogen-bond acceptors (Lipinski definition) is 19. The van der Waals surface area contributed by atoms with E-state index in [1.165, 1.54) is 4.68 Å². The van der Waals surface area contributed by atoms with E-state index in [4.69, 9.17) is 47.1 Å². The van der Waals surface area contributed by atoms with E-state index in [9.17, 15) is 24.6 Å². The molecule has 6 rings (SSSR count). The van der Waals surface area contributed by atoms with Crippen LogP contribution in [0.4, 0.5) is 17.8 Å². The molecule has 5 heterocycles. The summed E-state index contributed by atoms with van der Waals surface area (Å²) in [5.41, 5.74) is 15.0. The van der Waals surface area contributed by atoms with E-state index in [-0.39, 0.29) is 73.3 Å². The summed E-state index contributed by atoms with van der Waals surface area (Å²) in [6, 6.07) is 4.46. The minimum atomic E-state index is -1.02. The number of aromatic nitrogens is 9. The summed E-state index contributed by atoms with van der Waals surface area (Å²) in [6.07, 6.45) is 10.4. The van der Waals surface area contributed by atoms with Gasteiger partial charge in [0.15, 0.2) is 0 Å². The van der Waals surface area contributed by atoms with Gasteiger partial charge in [-0.15, -0.1) is 29.0 Å². The number of carbonyl (C=O) groups is 3. The minimum Gasteiger partial charge on any atom is -0.508 e.